The van der Waals surface area contributed by atoms with Crippen molar-refractivity contribution in [3.63, 3.8) is 0 Å². The van der Waals surface area contributed by atoms with Gasteiger partial charge in [0.25, 0.3) is 0 Å². The third-order valence-corrected chi connectivity index (χ3v) is 1.80. The van der Waals surface area contributed by atoms with Crippen LogP contribution in [0.3, 0.4) is 0 Å². The normalized spacial score (nSPS) is 12.1. The van der Waals surface area contributed by atoms with E-state index in [0.29, 0.717) is 5.69 Å². The van der Waals surface area contributed by atoms with E-state index < -0.39 is 12.1 Å². The average Bonchev–Trinajstić information content (AvgIpc) is 2.16. The number of anilines is 2. The smallest absolute Gasteiger partial charge is 0.337 e. The number of carboxylic acids is 1. The van der Waals surface area contributed by atoms with Crippen molar-refractivity contribution in [3.8, 4) is 0 Å². The molecule has 6 nitrogen and oxygen atoms in total. The van der Waals surface area contributed by atoms with Crippen LogP contribution >= 0.6 is 0 Å². The highest BCUT2D eigenvalue weighted by molar-refractivity contribution is 5.80. The lowest BCUT2D eigenvalue weighted by molar-refractivity contribution is -0.146. The number of rotatable bonds is 3. The van der Waals surface area contributed by atoms with E-state index >= 15 is 0 Å². The van der Waals surface area contributed by atoms with E-state index in [9.17, 15) is 9.90 Å². The van der Waals surface area contributed by atoms with Crippen molar-refractivity contribution in [3.05, 3.63) is 23.8 Å². The Balaban J connectivity index is 3.23. The van der Waals surface area contributed by atoms with Crippen molar-refractivity contribution < 1.29 is 15.0 Å². The van der Waals surface area contributed by atoms with Crippen LogP contribution in [0.5, 0.6) is 0 Å². The number of nitrogens with two attached hydrogens (primary N) is 2. The third kappa shape index (κ3) is 1.76. The van der Waals surface area contributed by atoms with Crippen LogP contribution in [-0.4, -0.2) is 16.2 Å². The summed E-state index contributed by atoms with van der Waals surface area (Å²) in [5, 5.41) is 17.9. The summed E-state index contributed by atoms with van der Waals surface area (Å²) in [4.78, 5) is 10.5. The van der Waals surface area contributed by atoms with E-state index in [1.54, 1.807) is 6.07 Å². The molecule has 76 valence electrons. The summed E-state index contributed by atoms with van der Waals surface area (Å²) in [6.45, 7) is 0. The number of carboxylic acid groups (broad SMARTS) is 1. The maximum Gasteiger partial charge on any atom is 0.337 e. The lowest BCUT2D eigenvalue weighted by atomic mass is 10.1. The van der Waals surface area contributed by atoms with Gasteiger partial charge in [0.1, 0.15) is 0 Å². The Hall–Kier alpha value is -1.79. The fourth-order valence-electron chi connectivity index (χ4n) is 1.14. The molecule has 0 amide bonds. The molecule has 0 aromatic heterocycles. The van der Waals surface area contributed by atoms with Crippen LogP contribution in [0.25, 0.3) is 0 Å². The van der Waals surface area contributed by atoms with Gasteiger partial charge in [-0.3, -0.25) is 5.84 Å². The lowest BCUT2D eigenvalue weighted by Crippen LogP contribution is -2.17. The minimum atomic E-state index is -1.68. The third-order valence-electron chi connectivity index (χ3n) is 1.80. The zero-order chi connectivity index (χ0) is 10.7. The first-order valence-electron chi connectivity index (χ1n) is 3.83. The zero-order valence-electron chi connectivity index (χ0n) is 7.27. The number of benzene rings is 1. The van der Waals surface area contributed by atoms with E-state index in [2.05, 4.69) is 5.43 Å². The molecule has 0 heterocycles. The van der Waals surface area contributed by atoms with E-state index in [-0.39, 0.29) is 11.3 Å². The molecule has 14 heavy (non-hydrogen) atoms. The SMILES string of the molecule is NNc1cccc(N)c1C(O)C(=O)O. The zero-order valence-corrected chi connectivity index (χ0v) is 7.27. The number of aliphatic hydroxyl groups excluding tert-OH is 1. The quantitative estimate of drug-likeness (QED) is 0.257. The molecule has 1 unspecified atom stereocenters. The number of aliphatic carboxylic acids is 1. The van der Waals surface area contributed by atoms with Crippen LogP contribution in [0.2, 0.25) is 0 Å². The summed E-state index contributed by atoms with van der Waals surface area (Å²) in [5.74, 6) is 3.77. The van der Waals surface area contributed by atoms with Gasteiger partial charge in [0.15, 0.2) is 6.10 Å². The molecule has 6 heteroatoms. The van der Waals surface area contributed by atoms with E-state index in [1.165, 1.54) is 12.1 Å². The van der Waals surface area contributed by atoms with Gasteiger partial charge in [-0.25, -0.2) is 4.79 Å². The highest BCUT2D eigenvalue weighted by Crippen LogP contribution is 2.28. The maximum atomic E-state index is 10.5. The van der Waals surface area contributed by atoms with Crippen molar-refractivity contribution in [2.24, 2.45) is 5.84 Å². The van der Waals surface area contributed by atoms with Gasteiger partial charge < -0.3 is 21.4 Å². The fourth-order valence-corrected chi connectivity index (χ4v) is 1.14. The Morgan fingerprint density at radius 3 is 2.64 bits per heavy atom. The Kier molecular flexibility index (Phi) is 2.90. The Morgan fingerprint density at radius 2 is 2.14 bits per heavy atom. The molecule has 0 aliphatic heterocycles. The second-order valence-electron chi connectivity index (χ2n) is 2.69. The van der Waals surface area contributed by atoms with Crippen LogP contribution in [0.1, 0.15) is 11.7 Å². The average molecular weight is 197 g/mol. The number of hydrogen-bond acceptors (Lipinski definition) is 5. The van der Waals surface area contributed by atoms with Crippen molar-refractivity contribution in [1.82, 2.24) is 0 Å². The number of aliphatic hydroxyl groups is 1. The standard InChI is InChI=1S/C8H11N3O3/c9-4-2-1-3-5(11-10)6(4)7(12)8(13)14/h1-3,7,11-12H,9-10H2,(H,13,14). The molecular formula is C8H11N3O3. The van der Waals surface area contributed by atoms with Crippen LogP contribution < -0.4 is 17.0 Å². The van der Waals surface area contributed by atoms with Gasteiger partial charge in [0.2, 0.25) is 0 Å². The molecule has 7 N–H and O–H groups in total. The van der Waals surface area contributed by atoms with Gasteiger partial charge in [0.05, 0.1) is 5.69 Å². The maximum absolute atomic E-state index is 10.5. The molecular weight excluding hydrogens is 186 g/mol. The molecule has 0 fully saturated rings. The van der Waals surface area contributed by atoms with Gasteiger partial charge in [-0.05, 0) is 12.1 Å². The Labute approximate surface area is 80.1 Å². The number of hydrazine groups is 1. The summed E-state index contributed by atoms with van der Waals surface area (Å²) in [6.07, 6.45) is -1.68. The molecule has 1 atom stereocenters. The van der Waals surface area contributed by atoms with Crippen molar-refractivity contribution in [2.75, 3.05) is 11.2 Å². The first-order chi connectivity index (χ1) is 6.57. The van der Waals surface area contributed by atoms with Crippen LogP contribution in [0.15, 0.2) is 18.2 Å². The van der Waals surface area contributed by atoms with Crippen LogP contribution in [-0.2, 0) is 4.79 Å². The summed E-state index contributed by atoms with van der Waals surface area (Å²) in [5.41, 5.74) is 8.33. The van der Waals surface area contributed by atoms with Crippen LogP contribution in [0.4, 0.5) is 11.4 Å². The van der Waals surface area contributed by atoms with Gasteiger partial charge in [-0.2, -0.15) is 0 Å². The lowest BCUT2D eigenvalue weighted by Gasteiger charge is -2.13. The van der Waals surface area contributed by atoms with Gasteiger partial charge in [0, 0.05) is 11.3 Å². The topological polar surface area (TPSA) is 122 Å². The molecule has 0 aliphatic carbocycles. The first-order valence-corrected chi connectivity index (χ1v) is 3.83. The molecule has 0 bridgehead atoms. The largest absolute Gasteiger partial charge is 0.479 e. The number of hydrogen-bond donors (Lipinski definition) is 5. The predicted octanol–water partition coefficient (Wildman–Crippen LogP) is -0.328. The van der Waals surface area contributed by atoms with Crippen LogP contribution in [0, 0.1) is 0 Å². The fraction of sp³-hybridized carbons (Fsp3) is 0.125. The molecule has 0 saturated carbocycles. The highest BCUT2D eigenvalue weighted by Gasteiger charge is 2.21. The van der Waals surface area contributed by atoms with E-state index in [4.69, 9.17) is 16.7 Å². The van der Waals surface area contributed by atoms with Gasteiger partial charge in [-0.15, -0.1) is 0 Å². The second kappa shape index (κ2) is 3.95. The summed E-state index contributed by atoms with van der Waals surface area (Å²) >= 11 is 0. The number of nitrogen functional groups attached to an aromatic ring is 2. The van der Waals surface area contributed by atoms with Crippen molar-refractivity contribution >= 4 is 17.3 Å². The van der Waals surface area contributed by atoms with Gasteiger partial charge in [-0.1, -0.05) is 6.07 Å². The minimum Gasteiger partial charge on any atom is -0.479 e. The second-order valence-corrected chi connectivity index (χ2v) is 2.69. The first kappa shape index (κ1) is 10.3. The van der Waals surface area contributed by atoms with Crippen molar-refractivity contribution in [1.29, 1.82) is 0 Å². The summed E-state index contributed by atoms with van der Waals surface area (Å²) in [7, 11) is 0. The summed E-state index contributed by atoms with van der Waals surface area (Å²) in [6, 6.07) is 4.61. The molecule has 1 rings (SSSR count). The summed E-state index contributed by atoms with van der Waals surface area (Å²) < 4.78 is 0. The number of nitrogens with one attached hydrogen (secondary N) is 1. The van der Waals surface area contributed by atoms with Gasteiger partial charge >= 0.3 is 5.97 Å². The van der Waals surface area contributed by atoms with Crippen molar-refractivity contribution in [2.45, 2.75) is 6.10 Å². The van der Waals surface area contributed by atoms with E-state index in [0.717, 1.165) is 0 Å². The molecule has 1 aromatic carbocycles. The minimum absolute atomic E-state index is 0.0718. The predicted molar refractivity (Wildman–Crippen MR) is 51.3 cm³/mol. The highest BCUT2D eigenvalue weighted by atomic mass is 16.4. The number of carbonyl (C=O) groups is 1. The Morgan fingerprint density at radius 1 is 1.50 bits per heavy atom. The molecule has 0 radical (unpaired) electrons. The Bertz CT molecular complexity index is 354. The molecule has 0 spiro atoms. The molecule has 1 aromatic rings. The monoisotopic (exact) mass is 197 g/mol. The molecule has 0 saturated heterocycles. The molecule has 0 aliphatic rings. The van der Waals surface area contributed by atoms with E-state index in [1.807, 2.05) is 0 Å².